The molecule has 0 aromatic rings. The van der Waals surface area contributed by atoms with Crippen molar-refractivity contribution in [3.63, 3.8) is 0 Å². The molecule has 0 N–H and O–H groups in total. The molecule has 0 spiro atoms. The Balaban J connectivity index is 3.97. The van der Waals surface area contributed by atoms with Gasteiger partial charge in [0.1, 0.15) is 0 Å². The van der Waals surface area contributed by atoms with Crippen LogP contribution in [0.5, 0.6) is 0 Å². The summed E-state index contributed by atoms with van der Waals surface area (Å²) in [5, 5.41) is 0. The molecular formula is C16H35Sn. The van der Waals surface area contributed by atoms with Gasteiger partial charge < -0.3 is 0 Å². The summed E-state index contributed by atoms with van der Waals surface area (Å²) in [5.74, 6) is 1.10. The zero-order valence-electron chi connectivity index (χ0n) is 12.9. The fraction of sp³-hybridized carbons (Fsp3) is 1.00. The van der Waals surface area contributed by atoms with E-state index in [1.54, 1.807) is 13.3 Å². The topological polar surface area (TPSA) is 0 Å². The third-order valence-electron chi connectivity index (χ3n) is 3.89. The molecule has 0 bridgehead atoms. The van der Waals surface area contributed by atoms with Crippen molar-refractivity contribution in [1.29, 1.82) is 0 Å². The second kappa shape index (κ2) is 13.2. The van der Waals surface area contributed by atoms with Crippen molar-refractivity contribution in [2.75, 3.05) is 0 Å². The van der Waals surface area contributed by atoms with E-state index < -0.39 is 19.8 Å². The molecule has 1 unspecified atom stereocenters. The fourth-order valence-electron chi connectivity index (χ4n) is 2.53. The van der Waals surface area contributed by atoms with Gasteiger partial charge in [0, 0.05) is 0 Å². The van der Waals surface area contributed by atoms with Crippen LogP contribution in [-0.4, -0.2) is 19.8 Å². The first-order valence-electron chi connectivity index (χ1n) is 8.11. The van der Waals surface area contributed by atoms with Crippen LogP contribution in [0.1, 0.15) is 79.1 Å². The Labute approximate surface area is 118 Å². The van der Waals surface area contributed by atoms with Crippen molar-refractivity contribution >= 4 is 19.8 Å². The van der Waals surface area contributed by atoms with Gasteiger partial charge >= 0.3 is 118 Å². The molecule has 0 aromatic carbocycles. The van der Waals surface area contributed by atoms with E-state index in [9.17, 15) is 0 Å². The Bertz CT molecular complexity index is 136. The number of rotatable bonds is 12. The summed E-state index contributed by atoms with van der Waals surface area (Å²) in [6.07, 6.45) is 11.7. The summed E-state index contributed by atoms with van der Waals surface area (Å²) in [6.45, 7) is 9.46. The second-order valence-electron chi connectivity index (χ2n) is 5.58. The molecule has 17 heavy (non-hydrogen) atoms. The summed E-state index contributed by atoms with van der Waals surface area (Å²) < 4.78 is 5.07. The minimum absolute atomic E-state index is 0.975. The van der Waals surface area contributed by atoms with E-state index >= 15 is 0 Å². The number of unbranched alkanes of at least 4 members (excludes halogenated alkanes) is 3. The molecule has 0 saturated heterocycles. The Morgan fingerprint density at radius 1 is 0.765 bits per heavy atom. The van der Waals surface area contributed by atoms with Gasteiger partial charge in [0.05, 0.1) is 0 Å². The molecule has 0 heterocycles. The molecule has 1 radical (unpaired) electrons. The van der Waals surface area contributed by atoms with E-state index in [2.05, 4.69) is 27.7 Å². The third-order valence-corrected chi connectivity index (χ3v) is 13.2. The van der Waals surface area contributed by atoms with E-state index in [1.807, 2.05) is 0 Å². The van der Waals surface area contributed by atoms with Gasteiger partial charge in [-0.3, -0.25) is 0 Å². The quantitative estimate of drug-likeness (QED) is 0.364. The van der Waals surface area contributed by atoms with Gasteiger partial charge in [-0.25, -0.2) is 0 Å². The molecule has 0 nitrogen and oxygen atoms in total. The third kappa shape index (κ3) is 10.4. The van der Waals surface area contributed by atoms with Crippen LogP contribution in [0.3, 0.4) is 0 Å². The van der Waals surface area contributed by atoms with Gasteiger partial charge in [0.25, 0.3) is 0 Å². The van der Waals surface area contributed by atoms with E-state index in [4.69, 9.17) is 0 Å². The molecule has 0 amide bonds. The Hall–Kier alpha value is 0.799. The van der Waals surface area contributed by atoms with Crippen LogP contribution in [0.4, 0.5) is 0 Å². The van der Waals surface area contributed by atoms with Crippen molar-refractivity contribution in [1.82, 2.24) is 0 Å². The van der Waals surface area contributed by atoms with Crippen LogP contribution in [-0.2, 0) is 0 Å². The average Bonchev–Trinajstić information content (AvgIpc) is 2.36. The number of hydrogen-bond donors (Lipinski definition) is 0. The van der Waals surface area contributed by atoms with Crippen molar-refractivity contribution in [2.24, 2.45) is 5.92 Å². The Kier molecular flexibility index (Phi) is 13.9. The summed E-state index contributed by atoms with van der Waals surface area (Å²) in [6, 6.07) is 0. The van der Waals surface area contributed by atoms with E-state index in [0.29, 0.717) is 0 Å². The van der Waals surface area contributed by atoms with Crippen LogP contribution < -0.4 is 0 Å². The van der Waals surface area contributed by atoms with Crippen LogP contribution in [0, 0.1) is 5.92 Å². The van der Waals surface area contributed by atoms with Crippen molar-refractivity contribution in [3.05, 3.63) is 0 Å². The SMILES string of the molecule is CCCCC(CC)[CH2][Sn]([CH2]CCC)[CH2]CCC. The summed E-state index contributed by atoms with van der Waals surface area (Å²) in [4.78, 5) is 0. The molecule has 1 heteroatoms. The van der Waals surface area contributed by atoms with Crippen molar-refractivity contribution < 1.29 is 0 Å². The Morgan fingerprint density at radius 2 is 1.29 bits per heavy atom. The molecular weight excluding hydrogens is 311 g/mol. The van der Waals surface area contributed by atoms with Crippen LogP contribution in [0.15, 0.2) is 0 Å². The molecule has 0 fully saturated rings. The first kappa shape index (κ1) is 17.8. The first-order valence-corrected chi connectivity index (χ1v) is 14.2. The zero-order chi connectivity index (χ0) is 12.9. The van der Waals surface area contributed by atoms with E-state index in [0.717, 1.165) is 5.92 Å². The summed E-state index contributed by atoms with van der Waals surface area (Å²) in [7, 11) is 0. The summed E-state index contributed by atoms with van der Waals surface area (Å²) in [5.41, 5.74) is 0. The molecule has 0 aromatic heterocycles. The zero-order valence-corrected chi connectivity index (χ0v) is 15.7. The van der Waals surface area contributed by atoms with Crippen molar-refractivity contribution in [3.8, 4) is 0 Å². The van der Waals surface area contributed by atoms with Crippen molar-refractivity contribution in [2.45, 2.75) is 92.4 Å². The van der Waals surface area contributed by atoms with Gasteiger partial charge in [0.15, 0.2) is 0 Å². The number of hydrogen-bond acceptors (Lipinski definition) is 0. The summed E-state index contributed by atoms with van der Waals surface area (Å²) >= 11 is -0.975. The van der Waals surface area contributed by atoms with E-state index in [-0.39, 0.29) is 0 Å². The maximum atomic E-state index is 2.42. The molecule has 0 saturated carbocycles. The molecule has 0 rings (SSSR count). The molecule has 0 aliphatic heterocycles. The normalized spacial score (nSPS) is 13.2. The fourth-order valence-corrected chi connectivity index (χ4v) is 13.0. The molecule has 0 aliphatic carbocycles. The second-order valence-corrected chi connectivity index (χ2v) is 13.9. The molecule has 103 valence electrons. The average molecular weight is 346 g/mol. The Morgan fingerprint density at radius 3 is 1.71 bits per heavy atom. The predicted octanol–water partition coefficient (Wildman–Crippen LogP) is 6.30. The first-order chi connectivity index (χ1) is 8.28. The molecule has 1 atom stereocenters. The van der Waals surface area contributed by atoms with Crippen LogP contribution in [0.2, 0.25) is 13.3 Å². The van der Waals surface area contributed by atoms with Gasteiger partial charge in [0.2, 0.25) is 0 Å². The minimum atomic E-state index is -0.975. The van der Waals surface area contributed by atoms with E-state index in [1.165, 1.54) is 51.4 Å². The van der Waals surface area contributed by atoms with Gasteiger partial charge in [-0.15, -0.1) is 0 Å². The van der Waals surface area contributed by atoms with Gasteiger partial charge in [-0.05, 0) is 0 Å². The van der Waals surface area contributed by atoms with Gasteiger partial charge in [-0.1, -0.05) is 0 Å². The predicted molar refractivity (Wildman–Crippen MR) is 83.3 cm³/mol. The maximum absolute atomic E-state index is 2.42. The van der Waals surface area contributed by atoms with Crippen LogP contribution >= 0.6 is 0 Å². The molecule has 0 aliphatic rings. The van der Waals surface area contributed by atoms with Gasteiger partial charge in [-0.2, -0.15) is 0 Å². The standard InChI is InChI=1S/C8H17.2C4H9.Sn/c1-4-6-7-8(3)5-2;2*1-3-4-2;/h8H,3-7H2,1-2H3;2*1,3-4H2,2H3;. The monoisotopic (exact) mass is 347 g/mol. The van der Waals surface area contributed by atoms with Crippen LogP contribution in [0.25, 0.3) is 0 Å².